The SMILES string of the molecule is C[C@H](N)C(=O)N[C@@H](Cc1ccccc1)C(=O)N[C@@H](CC(=O)O)C(=O)N[C@@H](CC(=O)O)C(=O)N[C@@H](CC(=O)O)C(=O)O. The van der Waals surface area contributed by atoms with Gasteiger partial charge in [-0.15, -0.1) is 0 Å². The largest absolute Gasteiger partial charge is 0.481 e. The van der Waals surface area contributed by atoms with E-state index in [1.165, 1.54) is 6.92 Å². The molecular weight excluding hydrogens is 550 g/mol. The van der Waals surface area contributed by atoms with Gasteiger partial charge in [-0.1, -0.05) is 30.3 Å². The van der Waals surface area contributed by atoms with Crippen LogP contribution in [0.3, 0.4) is 0 Å². The summed E-state index contributed by atoms with van der Waals surface area (Å²) in [6, 6.07) is 0.120. The Morgan fingerprint density at radius 1 is 0.610 bits per heavy atom. The summed E-state index contributed by atoms with van der Waals surface area (Å²) in [6.07, 6.45) is -3.29. The molecule has 41 heavy (non-hydrogen) atoms. The van der Waals surface area contributed by atoms with Crippen LogP contribution in [-0.2, 0) is 44.8 Å². The number of aliphatic carboxylic acids is 4. The third-order valence-electron chi connectivity index (χ3n) is 5.35. The number of nitrogens with two attached hydrogens (primary N) is 1. The number of nitrogens with one attached hydrogen (secondary N) is 4. The van der Waals surface area contributed by atoms with Gasteiger partial charge >= 0.3 is 23.9 Å². The highest BCUT2D eigenvalue weighted by atomic mass is 16.4. The molecule has 10 N–H and O–H groups in total. The number of carboxylic acid groups (broad SMARTS) is 4. The van der Waals surface area contributed by atoms with E-state index in [-0.39, 0.29) is 6.42 Å². The Bertz CT molecular complexity index is 1160. The molecule has 0 unspecified atom stereocenters. The molecule has 0 spiro atoms. The van der Waals surface area contributed by atoms with Gasteiger partial charge in [0.1, 0.15) is 24.2 Å². The van der Waals surface area contributed by atoms with Crippen LogP contribution in [0.5, 0.6) is 0 Å². The molecule has 17 heteroatoms. The van der Waals surface area contributed by atoms with Crippen LogP contribution in [0.15, 0.2) is 30.3 Å². The molecule has 0 heterocycles. The van der Waals surface area contributed by atoms with E-state index in [0.29, 0.717) is 5.56 Å². The molecule has 1 rings (SSSR count). The Hall–Kier alpha value is -5.06. The molecule has 4 amide bonds. The summed E-state index contributed by atoms with van der Waals surface area (Å²) in [4.78, 5) is 95.7. The van der Waals surface area contributed by atoms with Gasteiger partial charge in [-0.2, -0.15) is 0 Å². The Morgan fingerprint density at radius 3 is 1.37 bits per heavy atom. The van der Waals surface area contributed by atoms with Gasteiger partial charge in [0.05, 0.1) is 25.3 Å². The van der Waals surface area contributed by atoms with Crippen LogP contribution in [0, 0.1) is 0 Å². The number of carboxylic acids is 4. The third kappa shape index (κ3) is 12.6. The molecule has 0 aromatic heterocycles. The normalized spacial score (nSPS) is 14.2. The van der Waals surface area contributed by atoms with Crippen LogP contribution in [0.25, 0.3) is 0 Å². The van der Waals surface area contributed by atoms with Crippen molar-refractivity contribution in [3.63, 3.8) is 0 Å². The third-order valence-corrected chi connectivity index (χ3v) is 5.35. The van der Waals surface area contributed by atoms with Crippen molar-refractivity contribution in [3.05, 3.63) is 35.9 Å². The summed E-state index contributed by atoms with van der Waals surface area (Å²) < 4.78 is 0. The van der Waals surface area contributed by atoms with Crippen LogP contribution in [0.2, 0.25) is 0 Å². The molecule has 0 aliphatic rings. The second-order valence-electron chi connectivity index (χ2n) is 8.85. The van der Waals surface area contributed by atoms with Crippen LogP contribution in [0.1, 0.15) is 31.7 Å². The van der Waals surface area contributed by atoms with Gasteiger partial charge in [-0.3, -0.25) is 33.6 Å². The number of hydrogen-bond donors (Lipinski definition) is 9. The van der Waals surface area contributed by atoms with E-state index in [2.05, 4.69) is 10.6 Å². The Labute approximate surface area is 232 Å². The Kier molecular flexibility index (Phi) is 13.4. The first kappa shape index (κ1) is 34.0. The van der Waals surface area contributed by atoms with Gasteiger partial charge in [0.2, 0.25) is 23.6 Å². The zero-order valence-electron chi connectivity index (χ0n) is 21.7. The van der Waals surface area contributed by atoms with Crippen molar-refractivity contribution in [2.45, 2.75) is 62.8 Å². The molecule has 0 radical (unpaired) electrons. The lowest BCUT2D eigenvalue weighted by molar-refractivity contribution is -0.148. The minimum absolute atomic E-state index is 0.0866. The lowest BCUT2D eigenvalue weighted by atomic mass is 10.0. The van der Waals surface area contributed by atoms with Crippen molar-refractivity contribution < 1.29 is 58.8 Å². The van der Waals surface area contributed by atoms with E-state index in [1.54, 1.807) is 35.6 Å². The number of carbonyl (C=O) groups is 8. The second kappa shape index (κ2) is 16.1. The molecule has 17 nitrogen and oxygen atoms in total. The van der Waals surface area contributed by atoms with Crippen molar-refractivity contribution in [1.29, 1.82) is 0 Å². The fraction of sp³-hybridized carbons (Fsp3) is 0.417. The van der Waals surface area contributed by atoms with E-state index in [4.69, 9.17) is 21.1 Å². The number of carbonyl (C=O) groups excluding carboxylic acids is 4. The maximum absolute atomic E-state index is 13.1. The molecule has 0 saturated heterocycles. The average molecular weight is 582 g/mol. The van der Waals surface area contributed by atoms with Crippen LogP contribution in [-0.4, -0.2) is 98.1 Å². The summed E-state index contributed by atoms with van der Waals surface area (Å²) in [7, 11) is 0. The second-order valence-corrected chi connectivity index (χ2v) is 8.85. The van der Waals surface area contributed by atoms with Crippen LogP contribution >= 0.6 is 0 Å². The van der Waals surface area contributed by atoms with Gasteiger partial charge in [-0.05, 0) is 12.5 Å². The maximum Gasteiger partial charge on any atom is 0.326 e. The minimum atomic E-state index is -1.98. The van der Waals surface area contributed by atoms with Gasteiger partial charge in [0.15, 0.2) is 0 Å². The summed E-state index contributed by atoms with van der Waals surface area (Å²) in [5.41, 5.74) is 6.14. The highest BCUT2D eigenvalue weighted by Gasteiger charge is 2.34. The first-order valence-corrected chi connectivity index (χ1v) is 12.0. The summed E-state index contributed by atoms with van der Waals surface area (Å²) in [5.74, 6) is -11.0. The molecule has 0 fully saturated rings. The molecule has 0 aliphatic heterocycles. The highest BCUT2D eigenvalue weighted by molar-refractivity contribution is 5.98. The zero-order chi connectivity index (χ0) is 31.3. The predicted octanol–water partition coefficient (Wildman–Crippen LogP) is -2.98. The zero-order valence-corrected chi connectivity index (χ0v) is 21.7. The average Bonchev–Trinajstić information content (AvgIpc) is 2.86. The molecule has 5 atom stereocenters. The van der Waals surface area contributed by atoms with Crippen molar-refractivity contribution >= 4 is 47.5 Å². The first-order chi connectivity index (χ1) is 19.1. The van der Waals surface area contributed by atoms with Crippen molar-refractivity contribution in [1.82, 2.24) is 21.3 Å². The highest BCUT2D eigenvalue weighted by Crippen LogP contribution is 2.06. The number of benzene rings is 1. The molecule has 224 valence electrons. The van der Waals surface area contributed by atoms with Crippen LogP contribution < -0.4 is 27.0 Å². The van der Waals surface area contributed by atoms with Gasteiger partial charge in [-0.25, -0.2) is 4.79 Å². The van der Waals surface area contributed by atoms with Crippen molar-refractivity contribution in [2.75, 3.05) is 0 Å². The van der Waals surface area contributed by atoms with Crippen molar-refractivity contribution in [3.8, 4) is 0 Å². The minimum Gasteiger partial charge on any atom is -0.481 e. The Morgan fingerprint density at radius 2 is 0.976 bits per heavy atom. The molecule has 1 aromatic rings. The fourth-order valence-electron chi connectivity index (χ4n) is 3.32. The van der Waals surface area contributed by atoms with E-state index < -0.39 is 97.0 Å². The van der Waals surface area contributed by atoms with E-state index >= 15 is 0 Å². The molecule has 0 aliphatic carbocycles. The quantitative estimate of drug-likeness (QED) is 0.0888. The van der Waals surface area contributed by atoms with Crippen molar-refractivity contribution in [2.24, 2.45) is 5.73 Å². The van der Waals surface area contributed by atoms with E-state index in [1.807, 2.05) is 5.32 Å². The summed E-state index contributed by atoms with van der Waals surface area (Å²) in [5, 5.41) is 44.7. The topological polar surface area (TPSA) is 292 Å². The predicted molar refractivity (Wildman–Crippen MR) is 136 cm³/mol. The lowest BCUT2D eigenvalue weighted by Gasteiger charge is -2.25. The first-order valence-electron chi connectivity index (χ1n) is 12.0. The standard InChI is InChI=1S/C24H31N5O12/c1-11(25)20(36)26-13(7-12-5-3-2-4-6-12)21(37)27-14(8-17(30)31)22(38)28-15(9-18(32)33)23(39)29-16(24(40)41)10-19(34)35/h2-6,11,13-16H,7-10,25H2,1H3,(H,26,36)(H,27,37)(H,28,38)(H,29,39)(H,30,31)(H,32,33)(H,34,35)(H,40,41)/t11-,13-,14-,15-,16-/m0/s1. The lowest BCUT2D eigenvalue weighted by Crippen LogP contribution is -2.59. The fourth-order valence-corrected chi connectivity index (χ4v) is 3.32. The van der Waals surface area contributed by atoms with E-state index in [0.717, 1.165) is 0 Å². The molecule has 0 saturated carbocycles. The molecule has 1 aromatic carbocycles. The maximum atomic E-state index is 13.1. The smallest absolute Gasteiger partial charge is 0.326 e. The number of rotatable bonds is 17. The number of hydrogen-bond acceptors (Lipinski definition) is 9. The van der Waals surface area contributed by atoms with E-state index in [9.17, 15) is 43.5 Å². The Balaban J connectivity index is 3.19. The van der Waals surface area contributed by atoms with Gasteiger partial charge < -0.3 is 47.4 Å². The monoisotopic (exact) mass is 581 g/mol. The van der Waals surface area contributed by atoms with Crippen LogP contribution in [0.4, 0.5) is 0 Å². The molecule has 0 bridgehead atoms. The summed E-state index contributed by atoms with van der Waals surface area (Å²) >= 11 is 0. The van der Waals surface area contributed by atoms with Gasteiger partial charge in [0, 0.05) is 6.42 Å². The van der Waals surface area contributed by atoms with Gasteiger partial charge in [0.25, 0.3) is 0 Å². The molecular formula is C24H31N5O12. The summed E-state index contributed by atoms with van der Waals surface area (Å²) in [6.45, 7) is 1.35. The number of amides is 4.